The molecule has 0 fully saturated rings. The molecule has 0 spiro atoms. The van der Waals surface area contributed by atoms with Crippen LogP contribution in [0.15, 0.2) is 95.9 Å². The van der Waals surface area contributed by atoms with Gasteiger partial charge in [-0.1, -0.05) is 18.2 Å². The number of benzene rings is 3. The topological polar surface area (TPSA) is 67.0 Å². The van der Waals surface area contributed by atoms with E-state index in [1.54, 1.807) is 30.5 Å². The summed E-state index contributed by atoms with van der Waals surface area (Å²) in [7, 11) is 0. The van der Waals surface area contributed by atoms with Gasteiger partial charge in [0.15, 0.2) is 0 Å². The van der Waals surface area contributed by atoms with Crippen molar-refractivity contribution in [1.82, 2.24) is 14.8 Å². The first-order valence-electron chi connectivity index (χ1n) is 11.4. The van der Waals surface area contributed by atoms with Gasteiger partial charge in [0.05, 0.1) is 23.7 Å². The maximum absolute atomic E-state index is 14.6. The predicted octanol–water partition coefficient (Wildman–Crippen LogP) is 6.63. The van der Waals surface area contributed by atoms with Crippen LogP contribution in [0.5, 0.6) is 0 Å². The number of rotatable bonds is 5. The molecule has 6 rings (SSSR count). The van der Waals surface area contributed by atoms with Gasteiger partial charge in [0.1, 0.15) is 11.6 Å². The minimum atomic E-state index is -5.02. The third kappa shape index (κ3) is 3.79. The summed E-state index contributed by atoms with van der Waals surface area (Å²) in [5.41, 5.74) is -1.54. The van der Waals surface area contributed by atoms with E-state index in [2.05, 4.69) is 10.1 Å². The van der Waals surface area contributed by atoms with E-state index in [-0.39, 0.29) is 16.5 Å². The first-order valence-corrected chi connectivity index (χ1v) is 11.4. The molecule has 3 heterocycles. The summed E-state index contributed by atoms with van der Waals surface area (Å²) in [6, 6.07) is 18.2. The number of fused-ring (bicyclic) bond motifs is 2. The number of furan rings is 1. The van der Waals surface area contributed by atoms with Crippen molar-refractivity contribution in [3.05, 3.63) is 120 Å². The van der Waals surface area contributed by atoms with Gasteiger partial charge < -0.3 is 14.5 Å². The number of aromatic nitrogens is 3. The highest BCUT2D eigenvalue weighted by atomic mass is 19.4. The number of aromatic amines is 1. The zero-order valence-corrected chi connectivity index (χ0v) is 19.1. The van der Waals surface area contributed by atoms with Gasteiger partial charge in [-0.05, 0) is 65.7 Å². The molecule has 0 radical (unpaired) electrons. The Balaban J connectivity index is 1.44. The zero-order chi connectivity index (χ0) is 25.8. The smallest absolute Gasteiger partial charge is 0.425 e. The molecule has 37 heavy (non-hydrogen) atoms. The molecule has 0 saturated carbocycles. The lowest BCUT2D eigenvalue weighted by Crippen LogP contribution is -2.43. The average molecular weight is 505 g/mol. The number of H-pyrrole nitrogens is 1. The number of nitrogens with one attached hydrogen (secondary N) is 1. The standard InChI is InChI=1S/C28H19F4N3O2/c29-20-5-7-21(8-6-20)35-26-10-4-19(14-18(26)15-34-35)27(36,28(30,31)32)24-16-33-25-13-17(3-9-23(24)25)12-22-2-1-11-37-22/h1-11,13-16,33,36H,12H2. The summed E-state index contributed by atoms with van der Waals surface area (Å²) in [6.45, 7) is 0. The van der Waals surface area contributed by atoms with Crippen LogP contribution >= 0.6 is 0 Å². The van der Waals surface area contributed by atoms with Gasteiger partial charge in [0.2, 0.25) is 5.60 Å². The highest BCUT2D eigenvalue weighted by Crippen LogP contribution is 2.47. The molecule has 5 nitrogen and oxygen atoms in total. The van der Waals surface area contributed by atoms with E-state index >= 15 is 0 Å². The quantitative estimate of drug-likeness (QED) is 0.259. The molecule has 0 bridgehead atoms. The number of hydrogen-bond donors (Lipinski definition) is 2. The maximum Gasteiger partial charge on any atom is 0.425 e. The van der Waals surface area contributed by atoms with Gasteiger partial charge in [0, 0.05) is 34.5 Å². The predicted molar refractivity (Wildman–Crippen MR) is 130 cm³/mol. The Morgan fingerprint density at radius 2 is 1.78 bits per heavy atom. The summed E-state index contributed by atoms with van der Waals surface area (Å²) in [4.78, 5) is 2.89. The number of aliphatic hydroxyl groups is 1. The molecule has 1 unspecified atom stereocenters. The second-order valence-corrected chi connectivity index (χ2v) is 8.85. The average Bonchev–Trinajstić information content (AvgIpc) is 3.63. The van der Waals surface area contributed by atoms with Crippen LogP contribution in [0.2, 0.25) is 0 Å². The number of halogens is 4. The van der Waals surface area contributed by atoms with Crippen molar-refractivity contribution >= 4 is 21.8 Å². The van der Waals surface area contributed by atoms with Gasteiger partial charge in [-0.3, -0.25) is 0 Å². The van der Waals surface area contributed by atoms with Crippen molar-refractivity contribution in [2.24, 2.45) is 0 Å². The lowest BCUT2D eigenvalue weighted by atomic mass is 9.84. The maximum atomic E-state index is 14.6. The lowest BCUT2D eigenvalue weighted by molar-refractivity contribution is -0.247. The van der Waals surface area contributed by atoms with Crippen LogP contribution in [0.25, 0.3) is 27.5 Å². The Hall–Kier alpha value is -4.37. The van der Waals surface area contributed by atoms with E-state index in [1.807, 2.05) is 6.07 Å². The lowest BCUT2D eigenvalue weighted by Gasteiger charge is -2.31. The molecule has 0 aliphatic rings. The van der Waals surface area contributed by atoms with Crippen molar-refractivity contribution in [1.29, 1.82) is 0 Å². The molecule has 0 aliphatic carbocycles. The Morgan fingerprint density at radius 3 is 2.51 bits per heavy atom. The Morgan fingerprint density at radius 1 is 0.973 bits per heavy atom. The first kappa shape index (κ1) is 23.1. The molecule has 2 N–H and O–H groups in total. The Bertz CT molecular complexity index is 1720. The summed E-state index contributed by atoms with van der Waals surface area (Å²) in [5, 5.41) is 16.2. The summed E-state index contributed by atoms with van der Waals surface area (Å²) < 4.78 is 63.9. The van der Waals surface area contributed by atoms with Gasteiger partial charge >= 0.3 is 6.18 Å². The van der Waals surface area contributed by atoms with Crippen LogP contribution in [0.4, 0.5) is 17.6 Å². The SMILES string of the molecule is OC(c1ccc2c(cnn2-c2ccc(F)cc2)c1)(c1c[nH]c2cc(Cc3ccco3)ccc12)C(F)(F)F. The third-order valence-electron chi connectivity index (χ3n) is 6.56. The van der Waals surface area contributed by atoms with E-state index in [0.717, 1.165) is 11.3 Å². The number of hydrogen-bond acceptors (Lipinski definition) is 3. The molecule has 9 heteroatoms. The Labute approximate surface area is 207 Å². The fourth-order valence-corrected chi connectivity index (χ4v) is 4.71. The number of alkyl halides is 3. The van der Waals surface area contributed by atoms with Crippen molar-refractivity contribution in [3.63, 3.8) is 0 Å². The summed E-state index contributed by atoms with van der Waals surface area (Å²) >= 11 is 0. The molecule has 0 aliphatic heterocycles. The molecular formula is C28H19F4N3O2. The van der Waals surface area contributed by atoms with Crippen LogP contribution in [0.1, 0.15) is 22.5 Å². The van der Waals surface area contributed by atoms with Crippen molar-refractivity contribution in [2.45, 2.75) is 18.2 Å². The van der Waals surface area contributed by atoms with Crippen LogP contribution in [-0.2, 0) is 12.0 Å². The van der Waals surface area contributed by atoms with E-state index in [1.165, 1.54) is 59.5 Å². The highest BCUT2D eigenvalue weighted by Gasteiger charge is 2.57. The van der Waals surface area contributed by atoms with E-state index in [9.17, 15) is 22.7 Å². The molecule has 3 aromatic carbocycles. The first-order chi connectivity index (χ1) is 17.7. The fraction of sp³-hybridized carbons (Fsp3) is 0.107. The third-order valence-corrected chi connectivity index (χ3v) is 6.56. The number of nitrogens with zero attached hydrogens (tertiary/aromatic N) is 2. The fourth-order valence-electron chi connectivity index (χ4n) is 4.71. The van der Waals surface area contributed by atoms with Crippen molar-refractivity contribution < 1.29 is 27.1 Å². The van der Waals surface area contributed by atoms with E-state index < -0.39 is 17.6 Å². The summed E-state index contributed by atoms with van der Waals surface area (Å²) in [5.74, 6) is 0.317. The molecule has 0 amide bonds. The van der Waals surface area contributed by atoms with Crippen LogP contribution in [-0.4, -0.2) is 26.0 Å². The zero-order valence-electron chi connectivity index (χ0n) is 19.1. The molecular weight excluding hydrogens is 486 g/mol. The summed E-state index contributed by atoms with van der Waals surface area (Å²) in [6.07, 6.45) is -0.370. The second kappa shape index (κ2) is 8.35. The Kier molecular flexibility index (Phi) is 5.20. The van der Waals surface area contributed by atoms with Crippen molar-refractivity contribution in [2.75, 3.05) is 0 Å². The van der Waals surface area contributed by atoms with Gasteiger partial charge in [-0.2, -0.15) is 18.3 Å². The van der Waals surface area contributed by atoms with E-state index in [0.29, 0.717) is 28.5 Å². The molecule has 1 atom stereocenters. The largest absolute Gasteiger partial charge is 0.469 e. The minimum absolute atomic E-state index is 0.255. The van der Waals surface area contributed by atoms with Gasteiger partial charge in [-0.25, -0.2) is 9.07 Å². The highest BCUT2D eigenvalue weighted by molar-refractivity contribution is 5.87. The van der Waals surface area contributed by atoms with Gasteiger partial charge in [-0.15, -0.1) is 0 Å². The van der Waals surface area contributed by atoms with Crippen LogP contribution in [0.3, 0.4) is 0 Å². The molecule has 186 valence electrons. The molecule has 0 saturated heterocycles. The van der Waals surface area contributed by atoms with Gasteiger partial charge in [0.25, 0.3) is 0 Å². The second-order valence-electron chi connectivity index (χ2n) is 8.85. The molecule has 3 aromatic heterocycles. The monoisotopic (exact) mass is 505 g/mol. The van der Waals surface area contributed by atoms with Crippen LogP contribution < -0.4 is 0 Å². The normalized spacial score (nSPS) is 13.9. The molecule has 6 aromatic rings. The van der Waals surface area contributed by atoms with E-state index in [4.69, 9.17) is 4.42 Å². The van der Waals surface area contributed by atoms with Crippen molar-refractivity contribution in [3.8, 4) is 5.69 Å². The van der Waals surface area contributed by atoms with Crippen LogP contribution in [0, 0.1) is 5.82 Å². The minimum Gasteiger partial charge on any atom is -0.469 e.